The van der Waals surface area contributed by atoms with Gasteiger partial charge in [-0.25, -0.2) is 4.98 Å². The van der Waals surface area contributed by atoms with Crippen LogP contribution in [0.4, 0.5) is 5.13 Å². The number of nitrogens with one attached hydrogen (secondary N) is 1. The van der Waals surface area contributed by atoms with Crippen LogP contribution in [0.3, 0.4) is 0 Å². The molecule has 0 unspecified atom stereocenters. The third-order valence-electron chi connectivity index (χ3n) is 4.60. The van der Waals surface area contributed by atoms with Crippen LogP contribution in [0.5, 0.6) is 0 Å². The van der Waals surface area contributed by atoms with Crippen molar-refractivity contribution in [2.24, 2.45) is 5.92 Å². The number of hydrogen-bond donors (Lipinski definition) is 1. The molecule has 136 valence electrons. The molecule has 0 saturated carbocycles. The molecule has 0 atom stereocenters. The normalized spacial score (nSPS) is 16.2. The number of nitrogens with zero attached hydrogens (tertiary/aromatic N) is 3. The summed E-state index contributed by atoms with van der Waals surface area (Å²) in [4.78, 5) is 30.7. The highest BCUT2D eigenvalue weighted by Crippen LogP contribution is 2.21. The maximum Gasteiger partial charge on any atom is 0.307 e. The molecule has 6 nitrogen and oxygen atoms in total. The quantitative estimate of drug-likeness (QED) is 0.837. The Morgan fingerprint density at radius 2 is 2.08 bits per heavy atom. The van der Waals surface area contributed by atoms with Gasteiger partial charge in [-0.05, 0) is 38.8 Å². The highest BCUT2D eigenvalue weighted by molar-refractivity contribution is 7.13. The number of carbonyl (C=O) groups excluding carboxylic acids is 1. The van der Waals surface area contributed by atoms with Gasteiger partial charge in [-0.15, -0.1) is 11.3 Å². The number of thiazole rings is 2. The van der Waals surface area contributed by atoms with E-state index in [1.165, 1.54) is 35.5 Å². The predicted molar refractivity (Wildman–Crippen MR) is 102 cm³/mol. The maximum atomic E-state index is 12.1. The van der Waals surface area contributed by atoms with Crippen molar-refractivity contribution in [2.45, 2.75) is 46.2 Å². The standard InChI is InChI=1S/C17H24N4O2S2/c1-12-3-6-20(7-4-12)9-14-11-24-16(18-14)19-15(22)5-8-21-13(2)10-25-17(21)23/h10-12H,3-9H2,1-2H3,(H,18,19,22). The molecule has 2 aromatic heterocycles. The first-order valence-corrected chi connectivity index (χ1v) is 10.4. The average molecular weight is 381 g/mol. The van der Waals surface area contributed by atoms with Crippen LogP contribution in [0, 0.1) is 12.8 Å². The molecule has 1 aliphatic heterocycles. The minimum Gasteiger partial charge on any atom is -0.303 e. The Morgan fingerprint density at radius 1 is 1.32 bits per heavy atom. The lowest BCUT2D eigenvalue weighted by atomic mass is 9.99. The monoisotopic (exact) mass is 380 g/mol. The van der Waals surface area contributed by atoms with Gasteiger partial charge in [-0.2, -0.15) is 0 Å². The molecule has 3 heterocycles. The van der Waals surface area contributed by atoms with Gasteiger partial charge in [0.05, 0.1) is 5.69 Å². The first kappa shape index (κ1) is 18.3. The number of rotatable bonds is 6. The number of piperidine rings is 1. The van der Waals surface area contributed by atoms with E-state index in [0.717, 1.165) is 36.9 Å². The van der Waals surface area contributed by atoms with Crippen molar-refractivity contribution in [1.82, 2.24) is 14.5 Å². The zero-order valence-electron chi connectivity index (χ0n) is 14.7. The highest BCUT2D eigenvalue weighted by atomic mass is 32.1. The highest BCUT2D eigenvalue weighted by Gasteiger charge is 2.17. The molecular weight excluding hydrogens is 356 g/mol. The number of aromatic nitrogens is 2. The Bertz CT molecular complexity index is 772. The molecule has 0 spiro atoms. The topological polar surface area (TPSA) is 67.2 Å². The van der Waals surface area contributed by atoms with Crippen LogP contribution in [0.25, 0.3) is 0 Å². The Morgan fingerprint density at radius 3 is 2.76 bits per heavy atom. The molecule has 1 fully saturated rings. The summed E-state index contributed by atoms with van der Waals surface area (Å²) < 4.78 is 1.63. The predicted octanol–water partition coefficient (Wildman–Crippen LogP) is 2.94. The average Bonchev–Trinajstić information content (AvgIpc) is 3.14. The Labute approximate surface area is 155 Å². The molecule has 0 aromatic carbocycles. The molecule has 2 aromatic rings. The number of aryl methyl sites for hydroxylation is 1. The number of hydrogen-bond acceptors (Lipinski definition) is 6. The molecule has 8 heteroatoms. The Kier molecular flexibility index (Phi) is 6.03. The zero-order chi connectivity index (χ0) is 17.8. The molecule has 1 N–H and O–H groups in total. The van der Waals surface area contributed by atoms with E-state index in [1.807, 2.05) is 17.7 Å². The summed E-state index contributed by atoms with van der Waals surface area (Å²) in [5.41, 5.74) is 1.91. The summed E-state index contributed by atoms with van der Waals surface area (Å²) in [5.74, 6) is 0.714. The lowest BCUT2D eigenvalue weighted by Crippen LogP contribution is -2.32. The summed E-state index contributed by atoms with van der Waals surface area (Å²) in [6.07, 6.45) is 2.76. The van der Waals surface area contributed by atoms with Crippen molar-refractivity contribution in [3.63, 3.8) is 0 Å². The first-order chi connectivity index (χ1) is 12.0. The van der Waals surface area contributed by atoms with Crippen LogP contribution in [0.1, 0.15) is 37.6 Å². The van der Waals surface area contributed by atoms with Gasteiger partial charge in [0.15, 0.2) is 5.13 Å². The van der Waals surface area contributed by atoms with Crippen LogP contribution in [-0.2, 0) is 17.9 Å². The third-order valence-corrected chi connectivity index (χ3v) is 6.29. The molecule has 1 amide bonds. The molecule has 1 aliphatic rings. The van der Waals surface area contributed by atoms with Gasteiger partial charge in [-0.1, -0.05) is 18.3 Å². The first-order valence-electron chi connectivity index (χ1n) is 8.63. The number of anilines is 1. The lowest BCUT2D eigenvalue weighted by molar-refractivity contribution is -0.116. The van der Waals surface area contributed by atoms with Crippen molar-refractivity contribution in [1.29, 1.82) is 0 Å². The lowest BCUT2D eigenvalue weighted by Gasteiger charge is -2.29. The smallest absolute Gasteiger partial charge is 0.303 e. The summed E-state index contributed by atoms with van der Waals surface area (Å²) in [5, 5.41) is 7.31. The minimum absolute atomic E-state index is 0.0160. The molecule has 25 heavy (non-hydrogen) atoms. The Hall–Kier alpha value is -1.51. The van der Waals surface area contributed by atoms with Gasteiger partial charge in [0.2, 0.25) is 5.91 Å². The molecular formula is C17H24N4O2S2. The molecule has 0 radical (unpaired) electrons. The summed E-state index contributed by atoms with van der Waals surface area (Å²) in [7, 11) is 0. The van der Waals surface area contributed by atoms with E-state index in [2.05, 4.69) is 22.1 Å². The van der Waals surface area contributed by atoms with Crippen LogP contribution < -0.4 is 10.2 Å². The van der Waals surface area contributed by atoms with E-state index in [-0.39, 0.29) is 17.2 Å². The summed E-state index contributed by atoms with van der Waals surface area (Å²) in [6, 6.07) is 0. The van der Waals surface area contributed by atoms with Gasteiger partial charge in [0.1, 0.15) is 0 Å². The fourth-order valence-corrected chi connectivity index (χ4v) is 4.43. The minimum atomic E-state index is -0.106. The number of likely N-dealkylation sites (tertiary alicyclic amines) is 1. The Balaban J connectivity index is 1.47. The van der Waals surface area contributed by atoms with Crippen molar-refractivity contribution >= 4 is 33.7 Å². The van der Waals surface area contributed by atoms with Crippen LogP contribution >= 0.6 is 22.7 Å². The van der Waals surface area contributed by atoms with E-state index >= 15 is 0 Å². The third kappa shape index (κ3) is 4.99. The second-order valence-electron chi connectivity index (χ2n) is 6.70. The molecule has 3 rings (SSSR count). The summed E-state index contributed by atoms with van der Waals surface area (Å²) >= 11 is 2.63. The zero-order valence-corrected chi connectivity index (χ0v) is 16.3. The van der Waals surface area contributed by atoms with Crippen LogP contribution in [0.2, 0.25) is 0 Å². The van der Waals surface area contributed by atoms with Crippen LogP contribution in [-0.4, -0.2) is 33.4 Å². The van der Waals surface area contributed by atoms with Crippen molar-refractivity contribution < 1.29 is 4.79 Å². The second kappa shape index (κ2) is 8.25. The number of carbonyl (C=O) groups is 1. The van der Waals surface area contributed by atoms with E-state index < -0.39 is 0 Å². The SMILES string of the molecule is Cc1csc(=O)n1CCC(=O)Nc1nc(CN2CCC(C)CC2)cs1. The largest absolute Gasteiger partial charge is 0.307 e. The molecule has 0 bridgehead atoms. The van der Waals surface area contributed by atoms with Crippen molar-refractivity contribution in [3.05, 3.63) is 31.8 Å². The van der Waals surface area contributed by atoms with Gasteiger partial charge in [0.25, 0.3) is 0 Å². The van der Waals surface area contributed by atoms with E-state index in [4.69, 9.17) is 0 Å². The van der Waals surface area contributed by atoms with Gasteiger partial charge < -0.3 is 9.88 Å². The van der Waals surface area contributed by atoms with Gasteiger partial charge in [0, 0.05) is 36.0 Å². The van der Waals surface area contributed by atoms with Crippen molar-refractivity contribution in [2.75, 3.05) is 18.4 Å². The maximum absolute atomic E-state index is 12.1. The van der Waals surface area contributed by atoms with E-state index in [1.54, 1.807) is 4.57 Å². The van der Waals surface area contributed by atoms with Gasteiger partial charge >= 0.3 is 4.87 Å². The van der Waals surface area contributed by atoms with Crippen LogP contribution in [0.15, 0.2) is 15.6 Å². The van der Waals surface area contributed by atoms with Gasteiger partial charge in [-0.3, -0.25) is 14.5 Å². The van der Waals surface area contributed by atoms with Crippen molar-refractivity contribution in [3.8, 4) is 0 Å². The second-order valence-corrected chi connectivity index (χ2v) is 8.37. The van der Waals surface area contributed by atoms with E-state index in [0.29, 0.717) is 11.7 Å². The fourth-order valence-electron chi connectivity index (χ4n) is 2.96. The fraction of sp³-hybridized carbons (Fsp3) is 0.588. The number of amides is 1. The molecule has 0 aliphatic carbocycles. The molecule has 1 saturated heterocycles. The summed E-state index contributed by atoms with van der Waals surface area (Å²) in [6.45, 7) is 7.68. The van der Waals surface area contributed by atoms with E-state index in [9.17, 15) is 9.59 Å².